The second-order valence-corrected chi connectivity index (χ2v) is 8.08. The first-order valence-electron chi connectivity index (χ1n) is 10.0. The highest BCUT2D eigenvalue weighted by Crippen LogP contribution is 2.32. The Kier molecular flexibility index (Phi) is 8.65. The van der Waals surface area contributed by atoms with E-state index in [9.17, 15) is 4.79 Å². The van der Waals surface area contributed by atoms with Crippen LogP contribution in [0.15, 0.2) is 36.4 Å². The number of hydrogen-bond donors (Lipinski definition) is 0. The number of fused-ring (bicyclic) bond motifs is 1. The highest BCUT2D eigenvalue weighted by Gasteiger charge is 2.23. The maximum Gasteiger partial charge on any atom is 0.260 e. The quantitative estimate of drug-likeness (QED) is 0.468. The molecule has 0 N–H and O–H groups in total. The fourth-order valence-electron chi connectivity index (χ4n) is 3.31. The maximum absolute atomic E-state index is 13.4. The second kappa shape index (κ2) is 10.8. The van der Waals surface area contributed by atoms with E-state index in [0.29, 0.717) is 17.9 Å². The summed E-state index contributed by atoms with van der Waals surface area (Å²) < 4.78 is 6.41. The van der Waals surface area contributed by atoms with Crippen LogP contribution in [-0.2, 0) is 0 Å². The van der Waals surface area contributed by atoms with Crippen LogP contribution in [0.4, 0.5) is 5.13 Å². The average Bonchev–Trinajstić information content (AvgIpc) is 3.18. The van der Waals surface area contributed by atoms with E-state index in [-0.39, 0.29) is 18.3 Å². The van der Waals surface area contributed by atoms with Gasteiger partial charge in [-0.05, 0) is 62.3 Å². The van der Waals surface area contributed by atoms with Crippen LogP contribution in [0.2, 0.25) is 0 Å². The van der Waals surface area contributed by atoms with Crippen molar-refractivity contribution < 1.29 is 9.53 Å². The van der Waals surface area contributed by atoms with E-state index in [1.807, 2.05) is 23.1 Å². The van der Waals surface area contributed by atoms with Gasteiger partial charge in [-0.2, -0.15) is 0 Å². The molecule has 1 aromatic heterocycles. The van der Waals surface area contributed by atoms with Crippen LogP contribution in [0.25, 0.3) is 10.2 Å². The minimum Gasteiger partial charge on any atom is -0.497 e. The van der Waals surface area contributed by atoms with E-state index in [1.54, 1.807) is 24.5 Å². The highest BCUT2D eigenvalue weighted by atomic mass is 35.5. The molecule has 0 saturated heterocycles. The topological polar surface area (TPSA) is 45.7 Å². The number of aromatic nitrogens is 1. The number of halogens is 1. The van der Waals surface area contributed by atoms with Gasteiger partial charge in [0.1, 0.15) is 5.75 Å². The molecule has 0 spiro atoms. The van der Waals surface area contributed by atoms with Crippen LogP contribution in [0, 0.1) is 13.8 Å². The minimum atomic E-state index is -0.0514. The summed E-state index contributed by atoms with van der Waals surface area (Å²) in [5.41, 5.74) is 3.97. The Balaban J connectivity index is 0.00000320. The molecule has 0 radical (unpaired) electrons. The maximum atomic E-state index is 13.4. The van der Waals surface area contributed by atoms with E-state index in [4.69, 9.17) is 9.72 Å². The normalized spacial score (nSPS) is 10.9. The zero-order valence-electron chi connectivity index (χ0n) is 18.3. The third-order valence-corrected chi connectivity index (χ3v) is 6.44. The van der Waals surface area contributed by atoms with Gasteiger partial charge in [0.15, 0.2) is 5.13 Å². The Morgan fingerprint density at radius 3 is 2.50 bits per heavy atom. The number of rotatable bonds is 8. The largest absolute Gasteiger partial charge is 0.497 e. The van der Waals surface area contributed by atoms with Crippen molar-refractivity contribution in [3.63, 3.8) is 0 Å². The molecule has 3 aromatic rings. The van der Waals surface area contributed by atoms with Gasteiger partial charge >= 0.3 is 0 Å². The standard InChI is InChI=1S/C23H29N3O2S.ClH/c1-6-25(7-2)13-14-26(22(27)18-9-8-10-19(15-18)28-5)23-24-21-17(4)16(3)11-12-20(21)29-23;/h8-12,15H,6-7,13-14H2,1-5H3;1H. The fraction of sp³-hybridized carbons (Fsp3) is 0.391. The number of methoxy groups -OCH3 is 1. The first-order valence-corrected chi connectivity index (χ1v) is 10.8. The van der Waals surface area contributed by atoms with Gasteiger partial charge in [-0.15, -0.1) is 12.4 Å². The lowest BCUT2D eigenvalue weighted by atomic mass is 10.1. The lowest BCUT2D eigenvalue weighted by Gasteiger charge is -2.24. The molecule has 0 saturated carbocycles. The predicted molar refractivity (Wildman–Crippen MR) is 129 cm³/mol. The monoisotopic (exact) mass is 447 g/mol. The molecule has 2 aromatic carbocycles. The van der Waals surface area contributed by atoms with Gasteiger partial charge in [0.2, 0.25) is 0 Å². The molecule has 7 heteroatoms. The van der Waals surface area contributed by atoms with Crippen LogP contribution in [0.3, 0.4) is 0 Å². The zero-order valence-corrected chi connectivity index (χ0v) is 19.9. The molecule has 5 nitrogen and oxygen atoms in total. The van der Waals surface area contributed by atoms with Gasteiger partial charge < -0.3 is 9.64 Å². The zero-order chi connectivity index (χ0) is 21.0. The molecule has 1 heterocycles. The number of amides is 1. The third kappa shape index (κ3) is 5.12. The van der Waals surface area contributed by atoms with Crippen LogP contribution in [0.1, 0.15) is 35.3 Å². The molecule has 0 bridgehead atoms. The van der Waals surface area contributed by atoms with E-state index < -0.39 is 0 Å². The number of likely N-dealkylation sites (N-methyl/N-ethyl adjacent to an activating group) is 1. The van der Waals surface area contributed by atoms with Crippen molar-refractivity contribution >= 4 is 45.0 Å². The molecular weight excluding hydrogens is 418 g/mol. The summed E-state index contributed by atoms with van der Waals surface area (Å²) >= 11 is 1.57. The van der Waals surface area contributed by atoms with Gasteiger partial charge in [-0.1, -0.05) is 37.3 Å². The van der Waals surface area contributed by atoms with Crippen molar-refractivity contribution in [1.82, 2.24) is 9.88 Å². The van der Waals surface area contributed by atoms with Crippen molar-refractivity contribution in [1.29, 1.82) is 0 Å². The van der Waals surface area contributed by atoms with E-state index >= 15 is 0 Å². The average molecular weight is 448 g/mol. The lowest BCUT2D eigenvalue weighted by molar-refractivity contribution is 0.0983. The van der Waals surface area contributed by atoms with Crippen molar-refractivity contribution in [2.45, 2.75) is 27.7 Å². The number of nitrogens with zero attached hydrogens (tertiary/aromatic N) is 3. The molecule has 0 aliphatic rings. The van der Waals surface area contributed by atoms with Gasteiger partial charge in [-0.25, -0.2) is 4.98 Å². The summed E-state index contributed by atoms with van der Waals surface area (Å²) in [5, 5.41) is 0.744. The molecular formula is C23H30ClN3O2S. The Labute approximate surface area is 189 Å². The number of hydrogen-bond acceptors (Lipinski definition) is 5. The summed E-state index contributed by atoms with van der Waals surface area (Å²) in [6.45, 7) is 11.8. The SMILES string of the molecule is CCN(CC)CCN(C(=O)c1cccc(OC)c1)c1nc2c(C)c(C)ccc2s1.Cl. The van der Waals surface area contributed by atoms with Crippen molar-refractivity contribution in [2.75, 3.05) is 38.2 Å². The Morgan fingerprint density at radius 1 is 1.10 bits per heavy atom. The predicted octanol–water partition coefficient (Wildman–Crippen LogP) is 5.33. The number of ether oxygens (including phenoxy) is 1. The molecule has 1 amide bonds. The van der Waals surface area contributed by atoms with Gasteiger partial charge in [-0.3, -0.25) is 9.69 Å². The molecule has 0 fully saturated rings. The molecule has 0 aliphatic heterocycles. The molecule has 3 rings (SSSR count). The van der Waals surface area contributed by atoms with Gasteiger partial charge in [0.25, 0.3) is 5.91 Å². The fourth-order valence-corrected chi connectivity index (χ4v) is 4.36. The van der Waals surface area contributed by atoms with Crippen LogP contribution < -0.4 is 9.64 Å². The summed E-state index contributed by atoms with van der Waals surface area (Å²) in [7, 11) is 1.61. The number of anilines is 1. The Morgan fingerprint density at radius 2 is 1.83 bits per heavy atom. The molecule has 162 valence electrons. The van der Waals surface area contributed by atoms with E-state index in [1.165, 1.54) is 11.1 Å². The number of carbonyl (C=O) groups excluding carboxylic acids is 1. The van der Waals surface area contributed by atoms with E-state index in [0.717, 1.165) is 35.0 Å². The third-order valence-electron chi connectivity index (χ3n) is 5.40. The van der Waals surface area contributed by atoms with Crippen LogP contribution in [-0.4, -0.2) is 49.1 Å². The Bertz CT molecular complexity index is 1000. The van der Waals surface area contributed by atoms with E-state index in [2.05, 4.69) is 44.7 Å². The number of thiazole rings is 1. The summed E-state index contributed by atoms with van der Waals surface area (Å²) in [4.78, 5) is 22.4. The summed E-state index contributed by atoms with van der Waals surface area (Å²) in [5.74, 6) is 0.625. The second-order valence-electron chi connectivity index (χ2n) is 7.07. The van der Waals surface area contributed by atoms with Crippen molar-refractivity contribution in [3.05, 3.63) is 53.1 Å². The molecule has 0 unspecified atom stereocenters. The summed E-state index contributed by atoms with van der Waals surface area (Å²) in [6.07, 6.45) is 0. The minimum absolute atomic E-state index is 0. The van der Waals surface area contributed by atoms with Crippen LogP contribution in [0.5, 0.6) is 5.75 Å². The first kappa shape index (κ1) is 24.1. The number of carbonyl (C=O) groups is 1. The number of benzene rings is 2. The molecule has 0 atom stereocenters. The Hall–Kier alpha value is -2.15. The van der Waals surface area contributed by atoms with Gasteiger partial charge in [0, 0.05) is 18.7 Å². The molecule has 30 heavy (non-hydrogen) atoms. The molecule has 0 aliphatic carbocycles. The smallest absolute Gasteiger partial charge is 0.260 e. The number of aryl methyl sites for hydroxylation is 2. The first-order chi connectivity index (χ1) is 14.0. The van der Waals surface area contributed by atoms with Crippen LogP contribution >= 0.6 is 23.7 Å². The van der Waals surface area contributed by atoms with Crippen molar-refractivity contribution in [3.8, 4) is 5.75 Å². The summed E-state index contributed by atoms with van der Waals surface area (Å²) in [6, 6.07) is 11.5. The highest BCUT2D eigenvalue weighted by molar-refractivity contribution is 7.22. The van der Waals surface area contributed by atoms with Crippen molar-refractivity contribution in [2.24, 2.45) is 0 Å². The lowest BCUT2D eigenvalue weighted by Crippen LogP contribution is -2.38. The van der Waals surface area contributed by atoms with Gasteiger partial charge in [0.05, 0.1) is 17.3 Å².